The van der Waals surface area contributed by atoms with E-state index >= 15 is 0 Å². The highest BCUT2D eigenvalue weighted by molar-refractivity contribution is 5.89. The minimum absolute atomic E-state index is 0.0992. The summed E-state index contributed by atoms with van der Waals surface area (Å²) in [6, 6.07) is 1.35. The Balaban J connectivity index is 3.09. The van der Waals surface area contributed by atoms with Gasteiger partial charge in [-0.05, 0) is 6.92 Å². The van der Waals surface area contributed by atoms with Crippen LogP contribution in [-0.4, -0.2) is 22.6 Å². The van der Waals surface area contributed by atoms with Crippen LogP contribution in [0.3, 0.4) is 0 Å². The molecule has 1 aromatic rings. The summed E-state index contributed by atoms with van der Waals surface area (Å²) >= 11 is 0. The van der Waals surface area contributed by atoms with Gasteiger partial charge in [-0.3, -0.25) is 10.1 Å². The molecule has 0 fully saturated rings. The number of nitro groups is 1. The van der Waals surface area contributed by atoms with Crippen molar-refractivity contribution in [2.24, 2.45) is 0 Å². The molecule has 0 saturated heterocycles. The van der Waals surface area contributed by atoms with Crippen molar-refractivity contribution in [3.05, 3.63) is 45.8 Å². The Bertz CT molecular complexity index is 541. The van der Waals surface area contributed by atoms with Crippen molar-refractivity contribution < 1.29 is 24.0 Å². The maximum atomic E-state index is 13.4. The van der Waals surface area contributed by atoms with E-state index in [4.69, 9.17) is 9.84 Å². The molecule has 6 nitrogen and oxygen atoms in total. The third kappa shape index (κ3) is 3.77. The molecular weight excluding hydrogens is 257 g/mol. The lowest BCUT2D eigenvalue weighted by Crippen LogP contribution is -2.06. The molecule has 0 amide bonds. The molecule has 102 valence electrons. The highest BCUT2D eigenvalue weighted by Gasteiger charge is 2.22. The summed E-state index contributed by atoms with van der Waals surface area (Å²) in [6.45, 7) is 5.49. The summed E-state index contributed by atoms with van der Waals surface area (Å²) < 4.78 is 18.5. The zero-order chi connectivity index (χ0) is 14.6. The lowest BCUT2D eigenvalue weighted by Gasteiger charge is -2.08. The molecule has 0 saturated carbocycles. The Morgan fingerprint density at radius 1 is 1.58 bits per heavy atom. The number of nitrogens with zero attached hydrogens (tertiary/aromatic N) is 1. The van der Waals surface area contributed by atoms with Gasteiger partial charge < -0.3 is 9.84 Å². The van der Waals surface area contributed by atoms with Gasteiger partial charge in [0.05, 0.1) is 11.5 Å². The minimum Gasteiger partial charge on any atom is -0.486 e. The molecule has 0 heterocycles. The monoisotopic (exact) mass is 269 g/mol. The van der Waals surface area contributed by atoms with E-state index in [9.17, 15) is 19.3 Å². The van der Waals surface area contributed by atoms with E-state index < -0.39 is 28.0 Å². The molecule has 7 heteroatoms. The summed E-state index contributed by atoms with van der Waals surface area (Å²) in [5.74, 6) is -2.95. The van der Waals surface area contributed by atoms with Crippen molar-refractivity contribution >= 4 is 11.7 Å². The molecule has 0 atom stereocenters. The number of hydrogen-bond acceptors (Lipinski definition) is 4. The van der Waals surface area contributed by atoms with Crippen molar-refractivity contribution in [3.63, 3.8) is 0 Å². The average Bonchev–Trinajstić information content (AvgIpc) is 2.27. The second-order valence-corrected chi connectivity index (χ2v) is 3.92. The van der Waals surface area contributed by atoms with Gasteiger partial charge >= 0.3 is 11.7 Å². The van der Waals surface area contributed by atoms with Gasteiger partial charge in [0.1, 0.15) is 11.4 Å². The molecule has 1 aromatic carbocycles. The quantitative estimate of drug-likeness (QED) is 0.487. The van der Waals surface area contributed by atoms with E-state index in [0.29, 0.717) is 18.6 Å². The molecule has 0 aliphatic heterocycles. The standard InChI is InChI=1S/C12H12FNO5/c1-7(2)3-4-19-11-6-9(13)8(12(15)16)5-10(11)14(17)18/h5-6H,1,3-4H2,2H3,(H,15,16). The number of benzene rings is 1. The van der Waals surface area contributed by atoms with Crippen molar-refractivity contribution in [2.45, 2.75) is 13.3 Å². The third-order valence-corrected chi connectivity index (χ3v) is 2.26. The van der Waals surface area contributed by atoms with Crippen molar-refractivity contribution in [3.8, 4) is 5.75 Å². The van der Waals surface area contributed by atoms with E-state index in [1.807, 2.05) is 0 Å². The molecule has 0 spiro atoms. The predicted octanol–water partition coefficient (Wildman–Crippen LogP) is 2.78. The molecule has 1 rings (SSSR count). The average molecular weight is 269 g/mol. The van der Waals surface area contributed by atoms with Crippen LogP contribution in [0, 0.1) is 15.9 Å². The van der Waals surface area contributed by atoms with Crippen LogP contribution in [0.4, 0.5) is 10.1 Å². The normalized spacial score (nSPS) is 10.0. The van der Waals surface area contributed by atoms with Crippen LogP contribution in [0.5, 0.6) is 5.75 Å². The van der Waals surface area contributed by atoms with Crippen molar-refractivity contribution in [1.82, 2.24) is 0 Å². The van der Waals surface area contributed by atoms with Gasteiger partial charge in [0.2, 0.25) is 0 Å². The second kappa shape index (κ2) is 5.94. The molecular formula is C12H12FNO5. The molecule has 19 heavy (non-hydrogen) atoms. The fourth-order valence-corrected chi connectivity index (χ4v) is 1.30. The summed E-state index contributed by atoms with van der Waals surface area (Å²) in [6.07, 6.45) is 0.458. The smallest absolute Gasteiger partial charge is 0.338 e. The lowest BCUT2D eigenvalue weighted by molar-refractivity contribution is -0.385. The highest BCUT2D eigenvalue weighted by atomic mass is 19.1. The molecule has 1 N–H and O–H groups in total. The molecule has 0 bridgehead atoms. The number of aromatic carboxylic acids is 1. The van der Waals surface area contributed by atoms with E-state index in [0.717, 1.165) is 5.57 Å². The Morgan fingerprint density at radius 2 is 2.21 bits per heavy atom. The van der Waals surface area contributed by atoms with Crippen LogP contribution in [0.2, 0.25) is 0 Å². The molecule has 0 radical (unpaired) electrons. The fraction of sp³-hybridized carbons (Fsp3) is 0.250. The first kappa shape index (κ1) is 14.6. The highest BCUT2D eigenvalue weighted by Crippen LogP contribution is 2.30. The Morgan fingerprint density at radius 3 is 2.68 bits per heavy atom. The topological polar surface area (TPSA) is 89.7 Å². The number of rotatable bonds is 6. The third-order valence-electron chi connectivity index (χ3n) is 2.26. The zero-order valence-electron chi connectivity index (χ0n) is 10.2. The summed E-state index contributed by atoms with van der Waals surface area (Å²) in [4.78, 5) is 20.7. The Kier molecular flexibility index (Phi) is 4.57. The molecule has 0 aromatic heterocycles. The number of ether oxygens (including phenoxy) is 1. The lowest BCUT2D eigenvalue weighted by atomic mass is 10.1. The van der Waals surface area contributed by atoms with Gasteiger partial charge in [0.25, 0.3) is 0 Å². The van der Waals surface area contributed by atoms with E-state index in [-0.39, 0.29) is 12.4 Å². The van der Waals surface area contributed by atoms with Crippen LogP contribution < -0.4 is 4.74 Å². The number of carboxylic acid groups (broad SMARTS) is 1. The second-order valence-electron chi connectivity index (χ2n) is 3.92. The number of carboxylic acids is 1. The van der Waals surface area contributed by atoms with Gasteiger partial charge in [0.15, 0.2) is 5.75 Å². The van der Waals surface area contributed by atoms with Gasteiger partial charge in [-0.25, -0.2) is 9.18 Å². The molecule has 0 aliphatic rings. The maximum Gasteiger partial charge on any atom is 0.338 e. The summed E-state index contributed by atoms with van der Waals surface area (Å²) in [7, 11) is 0. The van der Waals surface area contributed by atoms with Gasteiger partial charge in [0, 0.05) is 18.6 Å². The molecule has 0 unspecified atom stereocenters. The van der Waals surface area contributed by atoms with Gasteiger partial charge in [-0.2, -0.15) is 0 Å². The van der Waals surface area contributed by atoms with Crippen molar-refractivity contribution in [2.75, 3.05) is 6.61 Å². The predicted molar refractivity (Wildman–Crippen MR) is 64.9 cm³/mol. The first-order chi connectivity index (χ1) is 8.82. The minimum atomic E-state index is -1.57. The van der Waals surface area contributed by atoms with Crippen molar-refractivity contribution in [1.29, 1.82) is 0 Å². The molecule has 0 aliphatic carbocycles. The fourth-order valence-electron chi connectivity index (χ4n) is 1.30. The Hall–Kier alpha value is -2.44. The van der Waals surface area contributed by atoms with Gasteiger partial charge in [-0.1, -0.05) is 5.57 Å². The summed E-state index contributed by atoms with van der Waals surface area (Å²) in [5, 5.41) is 19.5. The first-order valence-corrected chi connectivity index (χ1v) is 5.31. The number of nitro benzene ring substituents is 1. The van der Waals surface area contributed by atoms with Gasteiger partial charge in [-0.15, -0.1) is 6.58 Å². The van der Waals surface area contributed by atoms with Crippen LogP contribution in [0.15, 0.2) is 24.3 Å². The largest absolute Gasteiger partial charge is 0.486 e. The van der Waals surface area contributed by atoms with E-state index in [1.54, 1.807) is 6.92 Å². The number of hydrogen-bond donors (Lipinski definition) is 1. The Labute approximate surface area is 108 Å². The number of halogens is 1. The van der Waals surface area contributed by atoms with Crippen LogP contribution in [-0.2, 0) is 0 Å². The number of carbonyl (C=O) groups is 1. The summed E-state index contributed by atoms with van der Waals surface area (Å²) in [5.41, 5.74) is -0.537. The van der Waals surface area contributed by atoms with Crippen LogP contribution >= 0.6 is 0 Å². The van der Waals surface area contributed by atoms with E-state index in [2.05, 4.69) is 6.58 Å². The maximum absolute atomic E-state index is 13.4. The van der Waals surface area contributed by atoms with Crippen LogP contribution in [0.25, 0.3) is 0 Å². The van der Waals surface area contributed by atoms with Crippen LogP contribution in [0.1, 0.15) is 23.7 Å². The van der Waals surface area contributed by atoms with E-state index in [1.165, 1.54) is 0 Å². The first-order valence-electron chi connectivity index (χ1n) is 5.31. The zero-order valence-corrected chi connectivity index (χ0v) is 10.2. The SMILES string of the molecule is C=C(C)CCOc1cc(F)c(C(=O)O)cc1[N+](=O)[O-].